The largest absolute Gasteiger partial charge is 0.349 e. The molecule has 2 aliphatic heterocycles. The summed E-state index contributed by atoms with van der Waals surface area (Å²) in [5, 5.41) is 3.30. The lowest BCUT2D eigenvalue weighted by Gasteiger charge is -2.35. The van der Waals surface area contributed by atoms with Crippen LogP contribution in [0.1, 0.15) is 32.1 Å². The summed E-state index contributed by atoms with van der Waals surface area (Å²) >= 11 is 0. The SMILES string of the molecule is CN(C)C(=O)C1CCN(C(=O)[C@@H]2CCCCN2)CC1.Cl. The Hall–Kier alpha value is -0.810. The molecule has 0 aliphatic carbocycles. The standard InChI is InChI=1S/C14H25N3O2.ClH/c1-16(2)13(18)11-6-9-17(10-7-11)14(19)12-5-3-4-8-15-12;/h11-12,15H,3-10H2,1-2H3;1H/t12-;/m0./s1. The topological polar surface area (TPSA) is 52.7 Å². The molecule has 0 spiro atoms. The zero-order valence-electron chi connectivity index (χ0n) is 12.4. The molecule has 6 heteroatoms. The van der Waals surface area contributed by atoms with Gasteiger partial charge in [0.25, 0.3) is 0 Å². The van der Waals surface area contributed by atoms with Crippen LogP contribution >= 0.6 is 12.4 Å². The minimum absolute atomic E-state index is 0. The summed E-state index contributed by atoms with van der Waals surface area (Å²) in [7, 11) is 3.59. The van der Waals surface area contributed by atoms with Crippen LogP contribution in [0.2, 0.25) is 0 Å². The van der Waals surface area contributed by atoms with E-state index in [9.17, 15) is 9.59 Å². The Bertz CT molecular complexity index is 335. The number of hydrogen-bond acceptors (Lipinski definition) is 3. The maximum absolute atomic E-state index is 12.3. The molecular formula is C14H26ClN3O2. The highest BCUT2D eigenvalue weighted by molar-refractivity contribution is 5.85. The van der Waals surface area contributed by atoms with Crippen LogP contribution in [-0.4, -0.2) is 61.4 Å². The van der Waals surface area contributed by atoms with Gasteiger partial charge in [-0.3, -0.25) is 9.59 Å². The van der Waals surface area contributed by atoms with Gasteiger partial charge in [-0.1, -0.05) is 6.42 Å². The molecule has 0 saturated carbocycles. The smallest absolute Gasteiger partial charge is 0.239 e. The van der Waals surface area contributed by atoms with E-state index in [4.69, 9.17) is 0 Å². The van der Waals surface area contributed by atoms with E-state index < -0.39 is 0 Å². The first-order chi connectivity index (χ1) is 9.09. The molecular weight excluding hydrogens is 278 g/mol. The quantitative estimate of drug-likeness (QED) is 0.824. The second-order valence-electron chi connectivity index (χ2n) is 5.83. The van der Waals surface area contributed by atoms with Crippen LogP contribution in [0.3, 0.4) is 0 Å². The predicted octanol–water partition coefficient (Wildman–Crippen LogP) is 0.877. The van der Waals surface area contributed by atoms with Crippen molar-refractivity contribution < 1.29 is 9.59 Å². The molecule has 2 amide bonds. The van der Waals surface area contributed by atoms with E-state index in [0.717, 1.165) is 45.3 Å². The van der Waals surface area contributed by atoms with E-state index in [2.05, 4.69) is 5.32 Å². The van der Waals surface area contributed by atoms with Gasteiger partial charge in [-0.25, -0.2) is 0 Å². The third kappa shape index (κ3) is 4.09. The third-order valence-corrected chi connectivity index (χ3v) is 4.21. The van der Waals surface area contributed by atoms with Gasteiger partial charge in [-0.05, 0) is 32.2 Å². The van der Waals surface area contributed by atoms with Crippen LogP contribution in [-0.2, 0) is 9.59 Å². The highest BCUT2D eigenvalue weighted by Gasteiger charge is 2.31. The van der Waals surface area contributed by atoms with Gasteiger partial charge in [0.2, 0.25) is 11.8 Å². The maximum Gasteiger partial charge on any atom is 0.239 e. The average molecular weight is 304 g/mol. The van der Waals surface area contributed by atoms with Gasteiger partial charge < -0.3 is 15.1 Å². The number of nitrogens with zero attached hydrogens (tertiary/aromatic N) is 2. The molecule has 0 aromatic rings. The van der Waals surface area contributed by atoms with E-state index >= 15 is 0 Å². The summed E-state index contributed by atoms with van der Waals surface area (Å²) in [6.07, 6.45) is 4.86. The lowest BCUT2D eigenvalue weighted by molar-refractivity contribution is -0.140. The van der Waals surface area contributed by atoms with Crippen LogP contribution in [0.5, 0.6) is 0 Å². The minimum Gasteiger partial charge on any atom is -0.349 e. The van der Waals surface area contributed by atoms with Crippen LogP contribution in [0.4, 0.5) is 0 Å². The van der Waals surface area contributed by atoms with Gasteiger partial charge in [0.05, 0.1) is 6.04 Å². The Morgan fingerprint density at radius 1 is 1.10 bits per heavy atom. The number of hydrogen-bond donors (Lipinski definition) is 1. The normalized spacial score (nSPS) is 23.9. The van der Waals surface area contributed by atoms with E-state index in [1.807, 2.05) is 4.90 Å². The molecule has 2 rings (SSSR count). The second-order valence-corrected chi connectivity index (χ2v) is 5.83. The first-order valence-electron chi connectivity index (χ1n) is 7.33. The molecule has 2 saturated heterocycles. The first kappa shape index (κ1) is 17.2. The van der Waals surface area contributed by atoms with E-state index in [0.29, 0.717) is 0 Å². The molecule has 5 nitrogen and oxygen atoms in total. The van der Waals surface area contributed by atoms with E-state index in [1.54, 1.807) is 19.0 Å². The highest BCUT2D eigenvalue weighted by Crippen LogP contribution is 2.20. The number of piperidine rings is 2. The monoisotopic (exact) mass is 303 g/mol. The van der Waals surface area contributed by atoms with Crippen molar-refractivity contribution in [2.75, 3.05) is 33.7 Å². The molecule has 0 radical (unpaired) electrons. The molecule has 0 aromatic heterocycles. The van der Waals surface area contributed by atoms with Crippen molar-refractivity contribution >= 4 is 24.2 Å². The maximum atomic E-state index is 12.3. The van der Waals surface area contributed by atoms with Crippen molar-refractivity contribution in [2.24, 2.45) is 5.92 Å². The zero-order chi connectivity index (χ0) is 13.8. The molecule has 2 aliphatic rings. The van der Waals surface area contributed by atoms with Crippen molar-refractivity contribution in [3.63, 3.8) is 0 Å². The lowest BCUT2D eigenvalue weighted by atomic mass is 9.94. The Morgan fingerprint density at radius 2 is 1.75 bits per heavy atom. The number of carbonyl (C=O) groups is 2. The molecule has 1 N–H and O–H groups in total. The van der Waals surface area contributed by atoms with Crippen LogP contribution in [0.15, 0.2) is 0 Å². The van der Waals surface area contributed by atoms with Gasteiger partial charge in [-0.2, -0.15) is 0 Å². The molecule has 0 unspecified atom stereocenters. The van der Waals surface area contributed by atoms with Crippen molar-refractivity contribution in [2.45, 2.75) is 38.1 Å². The van der Waals surface area contributed by atoms with Crippen molar-refractivity contribution in [1.82, 2.24) is 15.1 Å². The molecule has 20 heavy (non-hydrogen) atoms. The van der Waals surface area contributed by atoms with Crippen LogP contribution in [0.25, 0.3) is 0 Å². The molecule has 116 valence electrons. The average Bonchev–Trinajstić information content (AvgIpc) is 2.46. The van der Waals surface area contributed by atoms with Gasteiger partial charge in [-0.15, -0.1) is 12.4 Å². The van der Waals surface area contributed by atoms with Gasteiger partial charge in [0.15, 0.2) is 0 Å². The Labute approximate surface area is 127 Å². The van der Waals surface area contributed by atoms with Gasteiger partial charge in [0, 0.05) is 33.1 Å². The van der Waals surface area contributed by atoms with Crippen molar-refractivity contribution in [1.29, 1.82) is 0 Å². The fourth-order valence-electron chi connectivity index (χ4n) is 2.99. The number of halogens is 1. The summed E-state index contributed by atoms with van der Waals surface area (Å²) in [6, 6.07) is 0.00912. The highest BCUT2D eigenvalue weighted by atomic mass is 35.5. The Balaban J connectivity index is 0.00000200. The molecule has 2 fully saturated rings. The number of likely N-dealkylation sites (tertiary alicyclic amines) is 1. The van der Waals surface area contributed by atoms with Crippen LogP contribution in [0, 0.1) is 5.92 Å². The van der Waals surface area contributed by atoms with Gasteiger partial charge >= 0.3 is 0 Å². The zero-order valence-corrected chi connectivity index (χ0v) is 13.2. The predicted molar refractivity (Wildman–Crippen MR) is 80.9 cm³/mol. The van der Waals surface area contributed by atoms with E-state index in [1.165, 1.54) is 6.42 Å². The summed E-state index contributed by atoms with van der Waals surface area (Å²) < 4.78 is 0. The van der Waals surface area contributed by atoms with Crippen molar-refractivity contribution in [3.8, 4) is 0 Å². The summed E-state index contributed by atoms with van der Waals surface area (Å²) in [4.78, 5) is 27.8. The Morgan fingerprint density at radius 3 is 2.25 bits per heavy atom. The van der Waals surface area contributed by atoms with Crippen LogP contribution < -0.4 is 5.32 Å². The molecule has 0 aromatic carbocycles. The fraction of sp³-hybridized carbons (Fsp3) is 0.857. The lowest BCUT2D eigenvalue weighted by Crippen LogP contribution is -2.51. The van der Waals surface area contributed by atoms with E-state index in [-0.39, 0.29) is 36.2 Å². The number of rotatable bonds is 2. The first-order valence-corrected chi connectivity index (χ1v) is 7.33. The minimum atomic E-state index is 0. The van der Waals surface area contributed by atoms with Gasteiger partial charge in [0.1, 0.15) is 0 Å². The molecule has 1 atom stereocenters. The second kappa shape index (κ2) is 7.84. The summed E-state index contributed by atoms with van der Waals surface area (Å²) in [5.74, 6) is 0.525. The summed E-state index contributed by atoms with van der Waals surface area (Å²) in [6.45, 7) is 2.40. The fourth-order valence-corrected chi connectivity index (χ4v) is 2.99. The third-order valence-electron chi connectivity index (χ3n) is 4.21. The molecule has 2 heterocycles. The Kier molecular flexibility index (Phi) is 6.76. The van der Waals surface area contributed by atoms with Crippen molar-refractivity contribution in [3.05, 3.63) is 0 Å². The molecule has 0 bridgehead atoms. The number of nitrogens with one attached hydrogen (secondary N) is 1. The number of carbonyl (C=O) groups excluding carboxylic acids is 2. The summed E-state index contributed by atoms with van der Waals surface area (Å²) in [5.41, 5.74) is 0. The number of amides is 2.